The molecule has 0 aliphatic heterocycles. The lowest BCUT2D eigenvalue weighted by atomic mass is 10.0. The van der Waals surface area contributed by atoms with Crippen LogP contribution in [0.5, 0.6) is 0 Å². The predicted molar refractivity (Wildman–Crippen MR) is 75.5 cm³/mol. The highest BCUT2D eigenvalue weighted by Crippen LogP contribution is 2.06. The van der Waals surface area contributed by atoms with E-state index in [9.17, 15) is 19.2 Å². The normalized spacial score (nSPS) is 11.4. The van der Waals surface area contributed by atoms with Crippen LogP contribution in [0.15, 0.2) is 0 Å². The summed E-state index contributed by atoms with van der Waals surface area (Å²) in [5.74, 6) is -2.17. The van der Waals surface area contributed by atoms with Crippen molar-refractivity contribution in [2.75, 3.05) is 19.6 Å². The highest BCUT2D eigenvalue weighted by atomic mass is 16.4. The van der Waals surface area contributed by atoms with Gasteiger partial charge in [-0.25, -0.2) is 4.79 Å². The molecule has 0 heterocycles. The van der Waals surface area contributed by atoms with E-state index in [2.05, 4.69) is 10.6 Å². The average molecular weight is 301 g/mol. The van der Waals surface area contributed by atoms with E-state index in [-0.39, 0.29) is 31.2 Å². The molecule has 0 saturated carbocycles. The van der Waals surface area contributed by atoms with Crippen LogP contribution in [-0.4, -0.2) is 53.5 Å². The summed E-state index contributed by atoms with van der Waals surface area (Å²) < 4.78 is 0. The molecule has 1 atom stereocenters. The molecule has 3 N–H and O–H groups in total. The molecule has 0 fully saturated rings. The molecule has 8 nitrogen and oxygen atoms in total. The lowest BCUT2D eigenvalue weighted by Crippen LogP contribution is -2.45. The Balaban J connectivity index is 4.06. The summed E-state index contributed by atoms with van der Waals surface area (Å²) in [6, 6.07) is -0.761. The molecule has 8 heteroatoms. The standard InChI is InChI=1S/C13H23N3O5/c1-4-16(5-2)11(18)8-14-13(21)15-10(17)6-9(3)7-12(19)20/h9H,4-8H2,1-3H3,(H,19,20)(H2,14,15,17,21). The first kappa shape index (κ1) is 18.9. The quantitative estimate of drug-likeness (QED) is 0.591. The Morgan fingerprint density at radius 1 is 1.10 bits per heavy atom. The predicted octanol–water partition coefficient (Wildman–Crippen LogP) is 0.182. The van der Waals surface area contributed by atoms with Crippen LogP contribution in [0.25, 0.3) is 0 Å². The lowest BCUT2D eigenvalue weighted by Gasteiger charge is -2.18. The molecule has 0 radical (unpaired) electrons. The molecule has 0 aromatic heterocycles. The monoisotopic (exact) mass is 301 g/mol. The summed E-state index contributed by atoms with van der Waals surface area (Å²) in [6.07, 6.45) is -0.209. The van der Waals surface area contributed by atoms with Crippen LogP contribution in [0.1, 0.15) is 33.6 Å². The summed E-state index contributed by atoms with van der Waals surface area (Å²) in [4.78, 5) is 46.5. The smallest absolute Gasteiger partial charge is 0.321 e. The zero-order valence-corrected chi connectivity index (χ0v) is 12.6. The molecule has 0 aliphatic carbocycles. The van der Waals surface area contributed by atoms with Crippen molar-refractivity contribution < 1.29 is 24.3 Å². The number of rotatable bonds is 8. The summed E-state index contributed by atoms with van der Waals surface area (Å²) in [7, 11) is 0. The highest BCUT2D eigenvalue weighted by Gasteiger charge is 2.16. The number of likely N-dealkylation sites (N-methyl/N-ethyl adjacent to an activating group) is 1. The largest absolute Gasteiger partial charge is 0.481 e. The Morgan fingerprint density at radius 2 is 1.67 bits per heavy atom. The van der Waals surface area contributed by atoms with Gasteiger partial charge < -0.3 is 15.3 Å². The Bertz CT molecular complexity index is 393. The second kappa shape index (κ2) is 9.73. The van der Waals surface area contributed by atoms with Crippen LogP contribution in [0.2, 0.25) is 0 Å². The van der Waals surface area contributed by atoms with E-state index < -0.39 is 17.9 Å². The summed E-state index contributed by atoms with van der Waals surface area (Å²) in [5, 5.41) is 12.9. The maximum Gasteiger partial charge on any atom is 0.321 e. The molecule has 21 heavy (non-hydrogen) atoms. The SMILES string of the molecule is CCN(CC)C(=O)CNC(=O)NC(=O)CC(C)CC(=O)O. The van der Waals surface area contributed by atoms with E-state index in [1.165, 1.54) is 0 Å². The molecular weight excluding hydrogens is 278 g/mol. The maximum absolute atomic E-state index is 11.6. The van der Waals surface area contributed by atoms with E-state index in [4.69, 9.17) is 5.11 Å². The van der Waals surface area contributed by atoms with Crippen LogP contribution >= 0.6 is 0 Å². The number of urea groups is 1. The number of nitrogens with one attached hydrogen (secondary N) is 2. The summed E-state index contributed by atoms with van der Waals surface area (Å²) in [5.41, 5.74) is 0. The molecule has 4 amide bonds. The van der Waals surface area contributed by atoms with Crippen LogP contribution in [0, 0.1) is 5.92 Å². The van der Waals surface area contributed by atoms with Gasteiger partial charge in [0, 0.05) is 25.9 Å². The van der Waals surface area contributed by atoms with E-state index in [1.54, 1.807) is 11.8 Å². The maximum atomic E-state index is 11.6. The molecule has 0 saturated heterocycles. The third-order valence-corrected chi connectivity index (χ3v) is 2.83. The zero-order valence-electron chi connectivity index (χ0n) is 12.6. The molecule has 0 rings (SSSR count). The topological polar surface area (TPSA) is 116 Å². The van der Waals surface area contributed by atoms with Gasteiger partial charge in [0.25, 0.3) is 0 Å². The Kier molecular flexibility index (Phi) is 8.75. The minimum absolute atomic E-state index is 0.0658. The molecule has 0 aromatic carbocycles. The van der Waals surface area contributed by atoms with Gasteiger partial charge in [-0.1, -0.05) is 6.92 Å². The molecule has 1 unspecified atom stereocenters. The Morgan fingerprint density at radius 3 is 2.14 bits per heavy atom. The van der Waals surface area contributed by atoms with E-state index in [1.807, 2.05) is 13.8 Å². The number of aliphatic carboxylic acids is 1. The van der Waals surface area contributed by atoms with Gasteiger partial charge in [-0.2, -0.15) is 0 Å². The van der Waals surface area contributed by atoms with Gasteiger partial charge in [0.1, 0.15) is 0 Å². The number of hydrogen-bond acceptors (Lipinski definition) is 4. The van der Waals surface area contributed by atoms with Crippen molar-refractivity contribution in [3.05, 3.63) is 0 Å². The first-order valence-electron chi connectivity index (χ1n) is 6.87. The molecular formula is C13H23N3O5. The molecule has 120 valence electrons. The van der Waals surface area contributed by atoms with Crippen molar-refractivity contribution in [1.29, 1.82) is 0 Å². The zero-order chi connectivity index (χ0) is 16.4. The molecule has 0 bridgehead atoms. The van der Waals surface area contributed by atoms with Crippen LogP contribution in [0.4, 0.5) is 4.79 Å². The number of carboxylic acids is 1. The van der Waals surface area contributed by atoms with E-state index in [0.29, 0.717) is 13.1 Å². The first-order chi connectivity index (χ1) is 9.79. The second-order valence-electron chi connectivity index (χ2n) is 4.70. The molecule has 0 aromatic rings. The number of carboxylic acid groups (broad SMARTS) is 1. The van der Waals surface area contributed by atoms with Crippen molar-refractivity contribution in [1.82, 2.24) is 15.5 Å². The Labute approximate surface area is 123 Å². The van der Waals surface area contributed by atoms with Crippen molar-refractivity contribution in [2.45, 2.75) is 33.6 Å². The van der Waals surface area contributed by atoms with Gasteiger partial charge in [-0.15, -0.1) is 0 Å². The number of carbonyl (C=O) groups excluding carboxylic acids is 3. The van der Waals surface area contributed by atoms with Gasteiger partial charge in [0.05, 0.1) is 6.54 Å². The van der Waals surface area contributed by atoms with Gasteiger partial charge >= 0.3 is 12.0 Å². The number of carbonyl (C=O) groups is 4. The number of hydrogen-bond donors (Lipinski definition) is 3. The fourth-order valence-corrected chi connectivity index (χ4v) is 1.75. The van der Waals surface area contributed by atoms with Crippen molar-refractivity contribution >= 4 is 23.8 Å². The number of amides is 4. The van der Waals surface area contributed by atoms with Crippen molar-refractivity contribution in [2.24, 2.45) is 5.92 Å². The minimum Gasteiger partial charge on any atom is -0.481 e. The molecule has 0 aliphatic rings. The summed E-state index contributed by atoms with van der Waals surface area (Å²) >= 11 is 0. The first-order valence-corrected chi connectivity index (χ1v) is 6.87. The van der Waals surface area contributed by atoms with Gasteiger partial charge in [0.2, 0.25) is 11.8 Å². The molecule has 0 spiro atoms. The number of imide groups is 1. The number of nitrogens with zero attached hydrogens (tertiary/aromatic N) is 1. The minimum atomic E-state index is -0.996. The fraction of sp³-hybridized carbons (Fsp3) is 0.692. The van der Waals surface area contributed by atoms with Crippen LogP contribution < -0.4 is 10.6 Å². The Hall–Kier alpha value is -2.12. The van der Waals surface area contributed by atoms with Crippen LogP contribution in [0.3, 0.4) is 0 Å². The lowest BCUT2D eigenvalue weighted by molar-refractivity contribution is -0.138. The van der Waals surface area contributed by atoms with Gasteiger partial charge in [0.15, 0.2) is 0 Å². The van der Waals surface area contributed by atoms with E-state index in [0.717, 1.165) is 0 Å². The second-order valence-corrected chi connectivity index (χ2v) is 4.70. The van der Waals surface area contributed by atoms with Crippen molar-refractivity contribution in [3.8, 4) is 0 Å². The van der Waals surface area contributed by atoms with E-state index >= 15 is 0 Å². The highest BCUT2D eigenvalue weighted by molar-refractivity contribution is 5.95. The average Bonchev–Trinajstić information content (AvgIpc) is 2.36. The van der Waals surface area contributed by atoms with Gasteiger partial charge in [-0.05, 0) is 19.8 Å². The van der Waals surface area contributed by atoms with Crippen LogP contribution in [-0.2, 0) is 14.4 Å². The fourth-order valence-electron chi connectivity index (χ4n) is 1.75. The third kappa shape index (κ3) is 8.61. The third-order valence-electron chi connectivity index (χ3n) is 2.83. The van der Waals surface area contributed by atoms with Crippen molar-refractivity contribution in [3.63, 3.8) is 0 Å². The summed E-state index contributed by atoms with van der Waals surface area (Å²) in [6.45, 7) is 6.17. The van der Waals surface area contributed by atoms with Gasteiger partial charge in [-0.3, -0.25) is 19.7 Å².